The molecule has 0 atom stereocenters. The SMILES string of the molecule is O=C(Nc1cnns1)c1ccc(Br)c(C(F)(F)F)c1. The van der Waals surface area contributed by atoms with Gasteiger partial charge in [-0.05, 0) is 18.2 Å². The fourth-order valence-corrected chi connectivity index (χ4v) is 2.18. The molecule has 0 fully saturated rings. The van der Waals surface area contributed by atoms with Crippen molar-refractivity contribution in [3.8, 4) is 0 Å². The van der Waals surface area contributed by atoms with Gasteiger partial charge in [-0.2, -0.15) is 13.2 Å². The summed E-state index contributed by atoms with van der Waals surface area (Å²) in [5, 5.41) is 6.28. The number of nitrogens with zero attached hydrogens (tertiary/aromatic N) is 2. The van der Waals surface area contributed by atoms with Crippen molar-refractivity contribution in [1.82, 2.24) is 9.59 Å². The molecule has 1 N–H and O–H groups in total. The monoisotopic (exact) mass is 351 g/mol. The highest BCUT2D eigenvalue weighted by Crippen LogP contribution is 2.35. The van der Waals surface area contributed by atoms with Crippen LogP contribution in [0, 0.1) is 0 Å². The van der Waals surface area contributed by atoms with E-state index in [9.17, 15) is 18.0 Å². The predicted octanol–water partition coefficient (Wildman–Crippen LogP) is 3.57. The lowest BCUT2D eigenvalue weighted by Crippen LogP contribution is -2.13. The van der Waals surface area contributed by atoms with Gasteiger partial charge in [-0.25, -0.2) is 0 Å². The molecular formula is C10H5BrF3N3OS. The Balaban J connectivity index is 2.28. The average Bonchev–Trinajstić information content (AvgIpc) is 2.80. The summed E-state index contributed by atoms with van der Waals surface area (Å²) in [6.45, 7) is 0. The number of hydrogen-bond donors (Lipinski definition) is 1. The van der Waals surface area contributed by atoms with Gasteiger partial charge in [0.15, 0.2) is 0 Å². The summed E-state index contributed by atoms with van der Waals surface area (Å²) >= 11 is 3.74. The van der Waals surface area contributed by atoms with E-state index in [2.05, 4.69) is 30.8 Å². The molecule has 1 heterocycles. The molecule has 0 saturated carbocycles. The Morgan fingerprint density at radius 1 is 1.37 bits per heavy atom. The Kier molecular flexibility index (Phi) is 3.85. The first-order valence-corrected chi connectivity index (χ1v) is 6.40. The number of amides is 1. The second-order valence-corrected chi connectivity index (χ2v) is 5.07. The molecule has 100 valence electrons. The summed E-state index contributed by atoms with van der Waals surface area (Å²) in [4.78, 5) is 11.8. The second-order valence-electron chi connectivity index (χ2n) is 3.43. The number of carbonyl (C=O) groups excluding carboxylic acids is 1. The number of aromatic nitrogens is 2. The van der Waals surface area contributed by atoms with E-state index in [4.69, 9.17) is 0 Å². The third-order valence-electron chi connectivity index (χ3n) is 2.13. The zero-order chi connectivity index (χ0) is 14.0. The molecule has 4 nitrogen and oxygen atoms in total. The zero-order valence-electron chi connectivity index (χ0n) is 9.03. The van der Waals surface area contributed by atoms with E-state index in [0.717, 1.165) is 17.6 Å². The van der Waals surface area contributed by atoms with Crippen molar-refractivity contribution >= 4 is 38.4 Å². The molecule has 0 unspecified atom stereocenters. The van der Waals surface area contributed by atoms with Crippen LogP contribution in [0.4, 0.5) is 18.2 Å². The Morgan fingerprint density at radius 3 is 2.68 bits per heavy atom. The van der Waals surface area contributed by atoms with E-state index in [1.165, 1.54) is 18.3 Å². The van der Waals surface area contributed by atoms with Crippen molar-refractivity contribution in [2.75, 3.05) is 5.32 Å². The van der Waals surface area contributed by atoms with E-state index in [-0.39, 0.29) is 10.0 Å². The molecule has 0 bridgehead atoms. The molecule has 0 saturated heterocycles. The quantitative estimate of drug-likeness (QED) is 0.899. The molecule has 1 amide bonds. The molecule has 0 aliphatic carbocycles. The van der Waals surface area contributed by atoms with Crippen LogP contribution < -0.4 is 5.32 Å². The molecule has 0 aliphatic heterocycles. The van der Waals surface area contributed by atoms with Gasteiger partial charge in [0.05, 0.1) is 11.8 Å². The highest BCUT2D eigenvalue weighted by atomic mass is 79.9. The van der Waals surface area contributed by atoms with Gasteiger partial charge in [0.25, 0.3) is 5.91 Å². The van der Waals surface area contributed by atoms with Crippen LogP contribution in [0.3, 0.4) is 0 Å². The fraction of sp³-hybridized carbons (Fsp3) is 0.100. The third kappa shape index (κ3) is 3.29. The number of alkyl halides is 3. The number of anilines is 1. The molecule has 0 aliphatic rings. The topological polar surface area (TPSA) is 54.9 Å². The van der Waals surface area contributed by atoms with Crippen LogP contribution in [-0.2, 0) is 6.18 Å². The third-order valence-corrected chi connectivity index (χ3v) is 3.40. The molecule has 1 aromatic heterocycles. The maximum atomic E-state index is 12.7. The average molecular weight is 352 g/mol. The Labute approximate surface area is 117 Å². The molecule has 2 aromatic rings. The van der Waals surface area contributed by atoms with E-state index >= 15 is 0 Å². The molecule has 0 spiro atoms. The van der Waals surface area contributed by atoms with Gasteiger partial charge in [-0.15, -0.1) is 5.10 Å². The van der Waals surface area contributed by atoms with Crippen LogP contribution in [0.25, 0.3) is 0 Å². The number of halogens is 4. The molecular weight excluding hydrogens is 347 g/mol. The smallest absolute Gasteiger partial charge is 0.311 e. The van der Waals surface area contributed by atoms with Gasteiger partial charge < -0.3 is 5.32 Å². The lowest BCUT2D eigenvalue weighted by Gasteiger charge is -2.10. The summed E-state index contributed by atoms with van der Waals surface area (Å²) in [5.74, 6) is -0.649. The predicted molar refractivity (Wildman–Crippen MR) is 67.0 cm³/mol. The van der Waals surface area contributed by atoms with Crippen molar-refractivity contribution in [3.63, 3.8) is 0 Å². The largest absolute Gasteiger partial charge is 0.417 e. The molecule has 0 radical (unpaired) electrons. The van der Waals surface area contributed by atoms with Gasteiger partial charge >= 0.3 is 6.18 Å². The maximum Gasteiger partial charge on any atom is 0.417 e. The fourth-order valence-electron chi connectivity index (χ4n) is 1.29. The van der Waals surface area contributed by atoms with Gasteiger partial charge in [0, 0.05) is 21.6 Å². The summed E-state index contributed by atoms with van der Waals surface area (Å²) in [5.41, 5.74) is -0.994. The van der Waals surface area contributed by atoms with Crippen LogP contribution >= 0.6 is 27.5 Å². The van der Waals surface area contributed by atoms with E-state index in [1.807, 2.05) is 0 Å². The maximum absolute atomic E-state index is 12.7. The summed E-state index contributed by atoms with van der Waals surface area (Å²) < 4.78 is 41.5. The molecule has 1 aromatic carbocycles. The second kappa shape index (κ2) is 5.25. The Morgan fingerprint density at radius 2 is 2.11 bits per heavy atom. The number of rotatable bonds is 2. The standard InChI is InChI=1S/C10H5BrF3N3OS/c11-7-2-1-5(3-6(7)10(12,13)14)9(18)16-8-4-15-17-19-8/h1-4H,(H,16,18). The normalized spacial score (nSPS) is 11.4. The van der Waals surface area contributed by atoms with Gasteiger partial charge in [0.1, 0.15) is 5.00 Å². The van der Waals surface area contributed by atoms with Gasteiger partial charge in [0.2, 0.25) is 0 Å². The van der Waals surface area contributed by atoms with Crippen molar-refractivity contribution in [1.29, 1.82) is 0 Å². The van der Waals surface area contributed by atoms with Crippen molar-refractivity contribution in [2.24, 2.45) is 0 Å². The van der Waals surface area contributed by atoms with Crippen LogP contribution in [-0.4, -0.2) is 15.5 Å². The zero-order valence-corrected chi connectivity index (χ0v) is 11.4. The summed E-state index contributed by atoms with van der Waals surface area (Å²) in [6, 6.07) is 3.26. The Hall–Kier alpha value is -1.48. The first-order valence-electron chi connectivity index (χ1n) is 4.83. The first-order chi connectivity index (χ1) is 8.88. The summed E-state index contributed by atoms with van der Waals surface area (Å²) in [7, 11) is 0. The van der Waals surface area contributed by atoms with E-state index < -0.39 is 17.6 Å². The van der Waals surface area contributed by atoms with E-state index in [0.29, 0.717) is 5.00 Å². The lowest BCUT2D eigenvalue weighted by molar-refractivity contribution is -0.138. The first kappa shape index (κ1) is 13.9. The number of hydrogen-bond acceptors (Lipinski definition) is 4. The minimum atomic E-state index is -4.53. The summed E-state index contributed by atoms with van der Waals surface area (Å²) in [6.07, 6.45) is -3.22. The van der Waals surface area contributed by atoms with Crippen molar-refractivity contribution in [3.05, 3.63) is 40.0 Å². The number of benzene rings is 1. The minimum absolute atomic E-state index is 0.0936. The van der Waals surface area contributed by atoms with Crippen LogP contribution in [0.5, 0.6) is 0 Å². The minimum Gasteiger partial charge on any atom is -0.311 e. The van der Waals surface area contributed by atoms with Crippen molar-refractivity contribution < 1.29 is 18.0 Å². The Bertz CT molecular complexity index is 601. The molecule has 9 heteroatoms. The molecule has 2 rings (SSSR count). The highest BCUT2D eigenvalue weighted by molar-refractivity contribution is 9.10. The van der Waals surface area contributed by atoms with Crippen molar-refractivity contribution in [2.45, 2.75) is 6.18 Å². The molecule has 19 heavy (non-hydrogen) atoms. The number of nitrogens with one attached hydrogen (secondary N) is 1. The highest BCUT2D eigenvalue weighted by Gasteiger charge is 2.33. The van der Waals surface area contributed by atoms with Gasteiger partial charge in [-0.1, -0.05) is 20.4 Å². The van der Waals surface area contributed by atoms with Crippen LogP contribution in [0.15, 0.2) is 28.9 Å². The van der Waals surface area contributed by atoms with Crippen LogP contribution in [0.2, 0.25) is 0 Å². The number of carbonyl (C=O) groups is 1. The van der Waals surface area contributed by atoms with Crippen LogP contribution in [0.1, 0.15) is 15.9 Å². The van der Waals surface area contributed by atoms with E-state index in [1.54, 1.807) is 0 Å². The van der Waals surface area contributed by atoms with Gasteiger partial charge in [-0.3, -0.25) is 4.79 Å². The lowest BCUT2D eigenvalue weighted by atomic mass is 10.1.